The predicted octanol–water partition coefficient (Wildman–Crippen LogP) is 6.98. The molecule has 0 spiro atoms. The Morgan fingerprint density at radius 2 is 1.81 bits per heavy atom. The number of thiazole rings is 1. The fourth-order valence-corrected chi connectivity index (χ4v) is 6.28. The maximum Gasteiger partial charge on any atom is 0.301 e. The van der Waals surface area contributed by atoms with Crippen molar-refractivity contribution >= 4 is 44.1 Å². The predicted molar refractivity (Wildman–Crippen MR) is 165 cm³/mol. The van der Waals surface area contributed by atoms with E-state index in [1.807, 2.05) is 26.0 Å². The van der Waals surface area contributed by atoms with Crippen molar-refractivity contribution in [3.63, 3.8) is 0 Å². The van der Waals surface area contributed by atoms with Crippen LogP contribution in [0.3, 0.4) is 0 Å². The van der Waals surface area contributed by atoms with E-state index in [0.29, 0.717) is 46.0 Å². The number of benzene rings is 3. The van der Waals surface area contributed by atoms with Gasteiger partial charge in [0.1, 0.15) is 11.5 Å². The summed E-state index contributed by atoms with van der Waals surface area (Å²) in [5.74, 6) is 0.123. The Balaban J connectivity index is 1.69. The van der Waals surface area contributed by atoms with Crippen LogP contribution in [0.25, 0.3) is 16.0 Å². The number of carbonyl (C=O) groups is 2. The molecule has 1 saturated heterocycles. The Bertz CT molecular complexity index is 1710. The lowest BCUT2D eigenvalue weighted by atomic mass is 9.95. The van der Waals surface area contributed by atoms with Crippen LogP contribution < -0.4 is 19.1 Å². The third-order valence-corrected chi connectivity index (χ3v) is 8.27. The highest BCUT2D eigenvalue weighted by molar-refractivity contribution is 7.22. The molecular weight excluding hydrogens is 552 g/mol. The second kappa shape index (κ2) is 11.9. The van der Waals surface area contributed by atoms with Gasteiger partial charge in [0, 0.05) is 5.56 Å². The number of amides is 1. The second-order valence-electron chi connectivity index (χ2n) is 10.8. The largest absolute Gasteiger partial charge is 0.507 e. The minimum atomic E-state index is -0.961. The minimum Gasteiger partial charge on any atom is -0.507 e. The van der Waals surface area contributed by atoms with Crippen LogP contribution in [0.15, 0.2) is 60.2 Å². The van der Waals surface area contributed by atoms with Crippen molar-refractivity contribution in [2.24, 2.45) is 5.92 Å². The molecule has 4 aromatic rings. The first-order valence-electron chi connectivity index (χ1n) is 13.8. The van der Waals surface area contributed by atoms with Crippen LogP contribution in [0.5, 0.6) is 17.2 Å². The molecular formula is C33H34N2O6S. The molecule has 5 rings (SSSR count). The van der Waals surface area contributed by atoms with Gasteiger partial charge in [-0.3, -0.25) is 14.5 Å². The van der Waals surface area contributed by atoms with Crippen LogP contribution >= 0.6 is 11.3 Å². The molecule has 218 valence electrons. The zero-order valence-corrected chi connectivity index (χ0v) is 25.4. The first-order valence-corrected chi connectivity index (χ1v) is 14.6. The summed E-state index contributed by atoms with van der Waals surface area (Å²) in [6, 6.07) is 15.1. The third-order valence-electron chi connectivity index (χ3n) is 7.27. The SMILES string of the molecule is COc1cccc(C(O)=C2C(=O)C(=O)N(c3nc4c(C)cc(C)cc4s3)C2c2ccc(OCCC(C)C)c(OC)c2)c1. The minimum absolute atomic E-state index is 0.0454. The molecule has 1 aliphatic rings. The number of ether oxygens (including phenoxy) is 3. The molecule has 1 fully saturated rings. The number of aliphatic hydroxyl groups excluding tert-OH is 1. The normalized spacial score (nSPS) is 16.5. The fourth-order valence-electron chi connectivity index (χ4n) is 5.11. The Hall–Kier alpha value is -4.37. The molecule has 0 radical (unpaired) electrons. The van der Waals surface area contributed by atoms with Gasteiger partial charge in [-0.05, 0) is 73.2 Å². The van der Waals surface area contributed by atoms with E-state index in [1.165, 1.54) is 23.3 Å². The average molecular weight is 587 g/mol. The van der Waals surface area contributed by atoms with E-state index in [4.69, 9.17) is 19.2 Å². The van der Waals surface area contributed by atoms with E-state index in [2.05, 4.69) is 13.8 Å². The lowest BCUT2D eigenvalue weighted by Gasteiger charge is -2.24. The maximum atomic E-state index is 13.7. The molecule has 9 heteroatoms. The molecule has 1 aliphatic heterocycles. The molecule has 1 aromatic heterocycles. The van der Waals surface area contributed by atoms with E-state index >= 15 is 0 Å². The van der Waals surface area contributed by atoms with E-state index in [0.717, 1.165) is 27.8 Å². The molecule has 42 heavy (non-hydrogen) atoms. The van der Waals surface area contributed by atoms with Gasteiger partial charge in [-0.25, -0.2) is 4.98 Å². The number of aromatic nitrogens is 1. The van der Waals surface area contributed by atoms with Gasteiger partial charge in [-0.15, -0.1) is 0 Å². The van der Waals surface area contributed by atoms with Gasteiger partial charge in [0.05, 0.1) is 42.7 Å². The zero-order valence-electron chi connectivity index (χ0n) is 24.6. The van der Waals surface area contributed by atoms with Crippen LogP contribution in [0.4, 0.5) is 5.13 Å². The first-order chi connectivity index (χ1) is 20.1. The summed E-state index contributed by atoms with van der Waals surface area (Å²) in [5, 5.41) is 11.9. The van der Waals surface area contributed by atoms with E-state index in [1.54, 1.807) is 49.6 Å². The summed E-state index contributed by atoms with van der Waals surface area (Å²) in [6.45, 7) is 8.74. The monoisotopic (exact) mass is 586 g/mol. The number of aliphatic hydroxyl groups is 1. The summed E-state index contributed by atoms with van der Waals surface area (Å²) in [6.07, 6.45) is 0.877. The van der Waals surface area contributed by atoms with Gasteiger partial charge in [-0.2, -0.15) is 0 Å². The van der Waals surface area contributed by atoms with Crippen LogP contribution in [-0.2, 0) is 9.59 Å². The van der Waals surface area contributed by atoms with Crippen LogP contribution in [-0.4, -0.2) is 42.6 Å². The van der Waals surface area contributed by atoms with E-state index in [-0.39, 0.29) is 11.3 Å². The van der Waals surface area contributed by atoms with Crippen molar-refractivity contribution in [2.75, 3.05) is 25.7 Å². The molecule has 1 N–H and O–H groups in total. The first kappa shape index (κ1) is 29.1. The molecule has 1 amide bonds. The van der Waals surface area contributed by atoms with Gasteiger partial charge in [0.2, 0.25) is 0 Å². The van der Waals surface area contributed by atoms with Crippen LogP contribution in [0, 0.1) is 19.8 Å². The standard InChI is InChI=1S/C33H34N2O6S/c1-18(2)12-13-41-24-11-10-21(17-25(24)40-6)29-27(30(36)22-8-7-9-23(16-22)39-5)31(37)32(38)35(29)33-34-28-20(4)14-19(3)15-26(28)42-33/h7-11,14-18,29,36H,12-13H2,1-6H3. The number of aryl methyl sites for hydroxylation is 2. The molecule has 1 unspecified atom stereocenters. The summed E-state index contributed by atoms with van der Waals surface area (Å²) in [4.78, 5) is 33.6. The van der Waals surface area contributed by atoms with Gasteiger partial charge >= 0.3 is 5.91 Å². The van der Waals surface area contributed by atoms with Gasteiger partial charge < -0.3 is 19.3 Å². The number of carbonyl (C=O) groups excluding carboxylic acids is 2. The summed E-state index contributed by atoms with van der Waals surface area (Å²) in [7, 11) is 3.06. The molecule has 8 nitrogen and oxygen atoms in total. The summed E-state index contributed by atoms with van der Waals surface area (Å²) < 4.78 is 17.9. The number of rotatable bonds is 9. The number of Topliss-reactive ketones (excluding diaryl/α,β-unsaturated/α-hetero) is 1. The number of nitrogens with zero attached hydrogens (tertiary/aromatic N) is 2. The molecule has 0 bridgehead atoms. The number of hydrogen-bond donors (Lipinski definition) is 1. The van der Waals surface area contributed by atoms with Crippen LogP contribution in [0.2, 0.25) is 0 Å². The number of fused-ring (bicyclic) bond motifs is 1. The maximum absolute atomic E-state index is 13.7. The molecule has 1 atom stereocenters. The Labute approximate surface area is 249 Å². The summed E-state index contributed by atoms with van der Waals surface area (Å²) in [5.41, 5.74) is 3.69. The van der Waals surface area contributed by atoms with Crippen LogP contribution in [0.1, 0.15) is 48.6 Å². The van der Waals surface area contributed by atoms with E-state index < -0.39 is 17.7 Å². The molecule has 2 heterocycles. The van der Waals surface area contributed by atoms with Crippen molar-refractivity contribution in [3.8, 4) is 17.2 Å². The zero-order chi connectivity index (χ0) is 30.1. The van der Waals surface area contributed by atoms with E-state index in [9.17, 15) is 14.7 Å². The Morgan fingerprint density at radius 1 is 1.02 bits per heavy atom. The lowest BCUT2D eigenvalue weighted by Crippen LogP contribution is -2.29. The van der Waals surface area contributed by atoms with Gasteiger partial charge in [-0.1, -0.05) is 49.4 Å². The highest BCUT2D eigenvalue weighted by atomic mass is 32.1. The fraction of sp³-hybridized carbons (Fsp3) is 0.303. The number of hydrogen-bond acceptors (Lipinski definition) is 8. The summed E-state index contributed by atoms with van der Waals surface area (Å²) >= 11 is 1.33. The number of anilines is 1. The smallest absolute Gasteiger partial charge is 0.301 e. The van der Waals surface area contributed by atoms with Crippen molar-refractivity contribution in [1.29, 1.82) is 0 Å². The van der Waals surface area contributed by atoms with Crippen molar-refractivity contribution in [3.05, 3.63) is 82.4 Å². The quantitative estimate of drug-likeness (QED) is 0.128. The highest BCUT2D eigenvalue weighted by Gasteiger charge is 2.48. The molecule has 0 aliphatic carbocycles. The topological polar surface area (TPSA) is 98.2 Å². The Kier molecular flexibility index (Phi) is 8.22. The van der Waals surface area contributed by atoms with Crippen molar-refractivity contribution in [1.82, 2.24) is 4.98 Å². The highest BCUT2D eigenvalue weighted by Crippen LogP contribution is 2.46. The van der Waals surface area contributed by atoms with Gasteiger partial charge in [0.15, 0.2) is 16.6 Å². The number of ketones is 1. The lowest BCUT2D eigenvalue weighted by molar-refractivity contribution is -0.132. The second-order valence-corrected chi connectivity index (χ2v) is 11.8. The van der Waals surface area contributed by atoms with Crippen molar-refractivity contribution < 1.29 is 28.9 Å². The van der Waals surface area contributed by atoms with Crippen molar-refractivity contribution in [2.45, 2.75) is 40.2 Å². The number of methoxy groups -OCH3 is 2. The molecule has 0 saturated carbocycles. The average Bonchev–Trinajstić information content (AvgIpc) is 3.50. The Morgan fingerprint density at radius 3 is 2.52 bits per heavy atom. The third kappa shape index (κ3) is 5.44. The van der Waals surface area contributed by atoms with Gasteiger partial charge in [0.25, 0.3) is 5.78 Å². The molecule has 3 aromatic carbocycles.